The lowest BCUT2D eigenvalue weighted by Crippen LogP contribution is -2.47. The molecule has 9 heteroatoms. The number of anilines is 1. The fraction of sp³-hybridized carbons (Fsp3) is 0.500. The minimum Gasteiger partial charge on any atom is -0.338 e. The Bertz CT molecular complexity index is 608. The molecule has 2 aliphatic rings. The first kappa shape index (κ1) is 13.9. The molecule has 1 unspecified atom stereocenters. The molecule has 3 heterocycles. The molecule has 2 fully saturated rings. The number of hydrogen-bond acceptors (Lipinski definition) is 6. The molecule has 2 N–H and O–H groups in total. The van der Waals surface area contributed by atoms with E-state index < -0.39 is 17.5 Å². The lowest BCUT2D eigenvalue weighted by atomic mass is 9.99. The van der Waals surface area contributed by atoms with Crippen LogP contribution in [0.3, 0.4) is 0 Å². The number of aromatic nitrogens is 1. The first-order valence-electron chi connectivity index (χ1n) is 6.45. The van der Waals surface area contributed by atoms with Crippen molar-refractivity contribution >= 4 is 35.5 Å². The van der Waals surface area contributed by atoms with Crippen molar-refractivity contribution in [3.05, 3.63) is 11.8 Å². The van der Waals surface area contributed by atoms with E-state index in [9.17, 15) is 14.4 Å². The Kier molecular flexibility index (Phi) is 3.36. The molecule has 112 valence electrons. The monoisotopic (exact) mass is 310 g/mol. The molecule has 0 aromatic carbocycles. The van der Waals surface area contributed by atoms with Crippen LogP contribution >= 0.6 is 11.8 Å². The minimum atomic E-state index is -0.829. The van der Waals surface area contributed by atoms with E-state index in [2.05, 4.69) is 15.8 Å². The highest BCUT2D eigenvalue weighted by molar-refractivity contribution is 7.99. The lowest BCUT2D eigenvalue weighted by Gasteiger charge is -2.18. The number of imide groups is 1. The summed E-state index contributed by atoms with van der Waals surface area (Å²) < 4.78 is 4.86. The fourth-order valence-electron chi connectivity index (χ4n) is 2.40. The molecule has 3 rings (SSSR count). The molecule has 8 nitrogen and oxygen atoms in total. The van der Waals surface area contributed by atoms with E-state index in [1.165, 1.54) is 0 Å². The number of aryl methyl sites for hydroxylation is 1. The zero-order chi connectivity index (χ0) is 15.0. The van der Waals surface area contributed by atoms with Crippen molar-refractivity contribution in [2.45, 2.75) is 18.9 Å². The number of nitrogens with one attached hydrogen (secondary N) is 2. The van der Waals surface area contributed by atoms with E-state index in [1.54, 1.807) is 24.8 Å². The van der Waals surface area contributed by atoms with E-state index in [-0.39, 0.29) is 18.3 Å². The van der Waals surface area contributed by atoms with Gasteiger partial charge in [0.2, 0.25) is 11.8 Å². The summed E-state index contributed by atoms with van der Waals surface area (Å²) in [6.07, 6.45) is 0.599. The molecule has 1 aromatic heterocycles. The second-order valence-electron chi connectivity index (χ2n) is 5.09. The van der Waals surface area contributed by atoms with Gasteiger partial charge in [-0.2, -0.15) is 11.8 Å². The summed E-state index contributed by atoms with van der Waals surface area (Å²) in [7, 11) is 0. The Balaban J connectivity index is 1.65. The van der Waals surface area contributed by atoms with Crippen LogP contribution in [0.2, 0.25) is 0 Å². The number of thioether (sulfide) groups is 1. The van der Waals surface area contributed by atoms with Crippen LogP contribution in [-0.2, 0) is 9.59 Å². The van der Waals surface area contributed by atoms with Crippen molar-refractivity contribution in [3.63, 3.8) is 0 Å². The van der Waals surface area contributed by atoms with Crippen molar-refractivity contribution in [1.29, 1.82) is 0 Å². The molecular weight excluding hydrogens is 296 g/mol. The van der Waals surface area contributed by atoms with Crippen LogP contribution in [0.1, 0.15) is 12.1 Å². The van der Waals surface area contributed by atoms with Crippen LogP contribution in [0, 0.1) is 6.92 Å². The number of rotatable bonds is 3. The number of urea groups is 1. The van der Waals surface area contributed by atoms with Gasteiger partial charge in [-0.15, -0.1) is 0 Å². The van der Waals surface area contributed by atoms with Gasteiger partial charge in [0.05, 0.1) is 5.69 Å². The first-order valence-corrected chi connectivity index (χ1v) is 7.61. The Labute approximate surface area is 124 Å². The summed E-state index contributed by atoms with van der Waals surface area (Å²) >= 11 is 1.62. The SMILES string of the molecule is Cc1cc(NC(=O)CN2C(=O)NC3(CCSC3)C2=O)on1. The summed E-state index contributed by atoms with van der Waals surface area (Å²) in [5.74, 6) is 0.731. The third-order valence-electron chi connectivity index (χ3n) is 3.46. The smallest absolute Gasteiger partial charge is 0.325 e. The average molecular weight is 310 g/mol. The number of carbonyl (C=O) groups is 3. The number of carbonyl (C=O) groups excluding carboxylic acids is 3. The van der Waals surface area contributed by atoms with Gasteiger partial charge in [0, 0.05) is 11.8 Å². The van der Waals surface area contributed by atoms with Gasteiger partial charge in [0.15, 0.2) is 0 Å². The largest absolute Gasteiger partial charge is 0.338 e. The normalized spacial score (nSPS) is 24.7. The second kappa shape index (κ2) is 5.06. The van der Waals surface area contributed by atoms with Gasteiger partial charge in [-0.1, -0.05) is 5.16 Å². The van der Waals surface area contributed by atoms with Crippen molar-refractivity contribution in [2.24, 2.45) is 0 Å². The summed E-state index contributed by atoms with van der Waals surface area (Å²) in [5.41, 5.74) is -0.201. The van der Waals surface area contributed by atoms with E-state index >= 15 is 0 Å². The fourth-order valence-corrected chi connectivity index (χ4v) is 3.72. The van der Waals surface area contributed by atoms with Gasteiger partial charge in [-0.05, 0) is 19.1 Å². The molecule has 2 saturated heterocycles. The van der Waals surface area contributed by atoms with Gasteiger partial charge < -0.3 is 9.84 Å². The number of hydrogen-bond donors (Lipinski definition) is 2. The number of amides is 4. The van der Waals surface area contributed by atoms with Crippen molar-refractivity contribution in [3.8, 4) is 0 Å². The van der Waals surface area contributed by atoms with Crippen molar-refractivity contribution < 1.29 is 18.9 Å². The van der Waals surface area contributed by atoms with Crippen LogP contribution in [0.25, 0.3) is 0 Å². The quantitative estimate of drug-likeness (QED) is 0.781. The maximum atomic E-state index is 12.3. The highest BCUT2D eigenvalue weighted by Gasteiger charge is 2.53. The number of nitrogens with zero attached hydrogens (tertiary/aromatic N) is 2. The molecule has 1 spiro atoms. The van der Waals surface area contributed by atoms with Gasteiger partial charge in [0.25, 0.3) is 5.91 Å². The zero-order valence-electron chi connectivity index (χ0n) is 11.3. The Morgan fingerprint density at radius 2 is 2.43 bits per heavy atom. The Morgan fingerprint density at radius 1 is 1.62 bits per heavy atom. The van der Waals surface area contributed by atoms with Gasteiger partial charge in [0.1, 0.15) is 12.1 Å². The highest BCUT2D eigenvalue weighted by atomic mass is 32.2. The molecule has 0 radical (unpaired) electrons. The first-order chi connectivity index (χ1) is 10.00. The second-order valence-corrected chi connectivity index (χ2v) is 6.19. The molecule has 1 atom stereocenters. The van der Waals surface area contributed by atoms with E-state index in [4.69, 9.17) is 4.52 Å². The molecule has 0 bridgehead atoms. The maximum absolute atomic E-state index is 12.3. The van der Waals surface area contributed by atoms with Gasteiger partial charge >= 0.3 is 6.03 Å². The van der Waals surface area contributed by atoms with E-state index in [0.717, 1.165) is 10.7 Å². The summed E-state index contributed by atoms with van der Waals surface area (Å²) in [6.45, 7) is 1.38. The summed E-state index contributed by atoms with van der Waals surface area (Å²) in [5, 5.41) is 8.80. The molecule has 0 saturated carbocycles. The van der Waals surface area contributed by atoms with E-state index in [1.807, 2.05) is 0 Å². The third-order valence-corrected chi connectivity index (χ3v) is 4.65. The standard InChI is InChI=1S/C12H14N4O4S/c1-7-4-9(20-15-7)13-8(17)5-16-10(18)12(14-11(16)19)2-3-21-6-12/h4H,2-3,5-6H2,1H3,(H,13,17)(H,14,19). The van der Waals surface area contributed by atoms with Crippen molar-refractivity contribution in [2.75, 3.05) is 23.4 Å². The predicted molar refractivity (Wildman–Crippen MR) is 74.8 cm³/mol. The van der Waals surface area contributed by atoms with Crippen LogP contribution in [0.4, 0.5) is 10.7 Å². The molecule has 1 aromatic rings. The maximum Gasteiger partial charge on any atom is 0.325 e. The predicted octanol–water partition coefficient (Wildman–Crippen LogP) is 0.349. The third kappa shape index (κ3) is 2.48. The Morgan fingerprint density at radius 3 is 3.05 bits per heavy atom. The summed E-state index contributed by atoms with van der Waals surface area (Å²) in [4.78, 5) is 37.1. The zero-order valence-corrected chi connectivity index (χ0v) is 12.2. The average Bonchev–Trinajstić information content (AvgIpc) is 3.09. The summed E-state index contributed by atoms with van der Waals surface area (Å²) in [6, 6.07) is 1.03. The van der Waals surface area contributed by atoms with Gasteiger partial charge in [-0.25, -0.2) is 4.79 Å². The molecule has 0 aliphatic carbocycles. The van der Waals surface area contributed by atoms with Gasteiger partial charge in [-0.3, -0.25) is 19.8 Å². The highest BCUT2D eigenvalue weighted by Crippen LogP contribution is 2.33. The Hall–Kier alpha value is -2.03. The van der Waals surface area contributed by atoms with Crippen molar-refractivity contribution in [1.82, 2.24) is 15.4 Å². The molecular formula is C12H14N4O4S. The van der Waals surface area contributed by atoms with Crippen LogP contribution in [0.15, 0.2) is 10.6 Å². The van der Waals surface area contributed by atoms with Crippen LogP contribution in [0.5, 0.6) is 0 Å². The molecule has 21 heavy (non-hydrogen) atoms. The lowest BCUT2D eigenvalue weighted by molar-refractivity contribution is -0.133. The minimum absolute atomic E-state index is 0.190. The van der Waals surface area contributed by atoms with Crippen LogP contribution in [-0.4, -0.2) is 51.5 Å². The molecule has 4 amide bonds. The molecule has 2 aliphatic heterocycles. The topological polar surface area (TPSA) is 105 Å². The van der Waals surface area contributed by atoms with E-state index in [0.29, 0.717) is 17.9 Å². The van der Waals surface area contributed by atoms with Crippen LogP contribution < -0.4 is 10.6 Å².